The van der Waals surface area contributed by atoms with Crippen LogP contribution in [0.25, 0.3) is 11.2 Å². The number of H-pyrrole nitrogens is 1. The summed E-state index contributed by atoms with van der Waals surface area (Å²) in [5.41, 5.74) is 1.58. The predicted octanol–water partition coefficient (Wildman–Crippen LogP) is 1.91. The topological polar surface area (TPSA) is 66.5 Å². The molecule has 2 aromatic rings. The van der Waals surface area contributed by atoms with Crippen LogP contribution >= 0.6 is 11.8 Å². The molecule has 0 fully saturated rings. The zero-order valence-electron chi connectivity index (χ0n) is 9.40. The molecule has 0 bridgehead atoms. The van der Waals surface area contributed by atoms with Crippen LogP contribution in [0.15, 0.2) is 12.7 Å². The van der Waals surface area contributed by atoms with Gasteiger partial charge in [-0.1, -0.05) is 13.8 Å². The molecule has 0 amide bonds. The summed E-state index contributed by atoms with van der Waals surface area (Å²) in [6.07, 6.45) is 3.16. The molecule has 0 aliphatic carbocycles. The smallest absolute Gasteiger partial charge is 0.182 e. The van der Waals surface area contributed by atoms with Crippen LogP contribution in [0.5, 0.6) is 0 Å². The fraction of sp³-hybridized carbons (Fsp3) is 0.500. The number of thioether (sulfide) groups is 1. The molecule has 0 saturated heterocycles. The fourth-order valence-electron chi connectivity index (χ4n) is 1.36. The molecule has 2 aromatic heterocycles. The first-order valence-corrected chi connectivity index (χ1v) is 6.32. The number of anilines is 1. The Labute approximate surface area is 98.5 Å². The van der Waals surface area contributed by atoms with Crippen molar-refractivity contribution < 1.29 is 0 Å². The number of aromatic nitrogens is 4. The van der Waals surface area contributed by atoms with Crippen LogP contribution in [-0.4, -0.2) is 37.5 Å². The average molecular weight is 237 g/mol. The second-order valence-corrected chi connectivity index (χ2v) is 5.35. The minimum Gasteiger partial charge on any atom is -0.367 e. The third-order valence-corrected chi connectivity index (χ3v) is 3.18. The Morgan fingerprint density at radius 1 is 1.38 bits per heavy atom. The maximum absolute atomic E-state index is 4.19. The Bertz CT molecular complexity index is 453. The van der Waals surface area contributed by atoms with E-state index in [2.05, 4.69) is 39.1 Å². The number of nitrogens with one attached hydrogen (secondary N) is 2. The summed E-state index contributed by atoms with van der Waals surface area (Å²) in [5, 5.41) is 3.95. The van der Waals surface area contributed by atoms with E-state index < -0.39 is 0 Å². The monoisotopic (exact) mass is 237 g/mol. The Kier molecular flexibility index (Phi) is 3.61. The Hall–Kier alpha value is -1.30. The minimum atomic E-state index is 0.666. The van der Waals surface area contributed by atoms with Gasteiger partial charge in [-0.3, -0.25) is 0 Å². The first kappa shape index (κ1) is 11.2. The van der Waals surface area contributed by atoms with E-state index in [9.17, 15) is 0 Å². The molecule has 5 nitrogen and oxygen atoms in total. The van der Waals surface area contributed by atoms with Crippen LogP contribution in [0, 0.1) is 0 Å². The molecule has 0 unspecified atom stereocenters. The first-order chi connectivity index (χ1) is 7.77. The summed E-state index contributed by atoms with van der Waals surface area (Å²) >= 11 is 1.93. The van der Waals surface area contributed by atoms with Crippen molar-refractivity contribution in [3.63, 3.8) is 0 Å². The van der Waals surface area contributed by atoms with Crippen molar-refractivity contribution in [2.75, 3.05) is 17.6 Å². The van der Waals surface area contributed by atoms with E-state index in [-0.39, 0.29) is 0 Å². The van der Waals surface area contributed by atoms with Gasteiger partial charge in [-0.2, -0.15) is 11.8 Å². The highest BCUT2D eigenvalue weighted by Gasteiger charge is 2.04. The van der Waals surface area contributed by atoms with E-state index in [0.717, 1.165) is 23.6 Å². The van der Waals surface area contributed by atoms with Crippen molar-refractivity contribution >= 4 is 28.7 Å². The summed E-state index contributed by atoms with van der Waals surface area (Å²) in [4.78, 5) is 15.4. The Morgan fingerprint density at radius 2 is 2.25 bits per heavy atom. The third kappa shape index (κ3) is 2.63. The van der Waals surface area contributed by atoms with Gasteiger partial charge < -0.3 is 10.3 Å². The van der Waals surface area contributed by atoms with Crippen molar-refractivity contribution in [3.8, 4) is 0 Å². The lowest BCUT2D eigenvalue weighted by Crippen LogP contribution is -2.07. The van der Waals surface area contributed by atoms with E-state index >= 15 is 0 Å². The van der Waals surface area contributed by atoms with Gasteiger partial charge in [0.1, 0.15) is 11.8 Å². The molecule has 0 spiro atoms. The molecule has 0 atom stereocenters. The molecule has 6 heteroatoms. The number of hydrogen-bond acceptors (Lipinski definition) is 5. The van der Waals surface area contributed by atoms with Gasteiger partial charge in [0.15, 0.2) is 11.5 Å². The van der Waals surface area contributed by atoms with Crippen molar-refractivity contribution in [3.05, 3.63) is 12.7 Å². The van der Waals surface area contributed by atoms with Crippen LogP contribution < -0.4 is 5.32 Å². The molecule has 86 valence electrons. The number of imidazole rings is 1. The maximum atomic E-state index is 4.19. The lowest BCUT2D eigenvalue weighted by atomic mass is 10.5. The minimum absolute atomic E-state index is 0.666. The van der Waals surface area contributed by atoms with Crippen LogP contribution in [-0.2, 0) is 0 Å². The van der Waals surface area contributed by atoms with Gasteiger partial charge in [0.25, 0.3) is 0 Å². The molecular weight excluding hydrogens is 222 g/mol. The zero-order valence-corrected chi connectivity index (χ0v) is 10.2. The SMILES string of the molecule is CC(C)SCCNc1ncnc2nc[nH]c12. The lowest BCUT2D eigenvalue weighted by Gasteiger charge is -2.07. The fourth-order valence-corrected chi connectivity index (χ4v) is 2.05. The van der Waals surface area contributed by atoms with Gasteiger partial charge in [0.05, 0.1) is 6.33 Å². The summed E-state index contributed by atoms with van der Waals surface area (Å²) < 4.78 is 0. The lowest BCUT2D eigenvalue weighted by molar-refractivity contribution is 1.09. The van der Waals surface area contributed by atoms with Crippen LogP contribution in [0.3, 0.4) is 0 Å². The second-order valence-electron chi connectivity index (χ2n) is 3.67. The van der Waals surface area contributed by atoms with Crippen LogP contribution in [0.2, 0.25) is 0 Å². The molecule has 0 aliphatic heterocycles. The van der Waals surface area contributed by atoms with Gasteiger partial charge in [-0.05, 0) is 5.25 Å². The highest BCUT2D eigenvalue weighted by molar-refractivity contribution is 7.99. The average Bonchev–Trinajstić information content (AvgIpc) is 2.72. The predicted molar refractivity (Wildman–Crippen MR) is 67.8 cm³/mol. The standard InChI is InChI=1S/C10H15N5S/c1-7(2)16-4-3-11-9-8-10(13-5-12-8)15-6-14-9/h5-7H,3-4H2,1-2H3,(H2,11,12,13,14,15). The van der Waals surface area contributed by atoms with E-state index in [1.807, 2.05) is 11.8 Å². The Balaban J connectivity index is 1.96. The quantitative estimate of drug-likeness (QED) is 0.778. The van der Waals surface area contributed by atoms with Gasteiger partial charge in [0, 0.05) is 12.3 Å². The molecule has 16 heavy (non-hydrogen) atoms. The number of hydrogen-bond donors (Lipinski definition) is 2. The normalized spacial score (nSPS) is 11.2. The number of nitrogens with zero attached hydrogens (tertiary/aromatic N) is 3. The van der Waals surface area contributed by atoms with Crippen LogP contribution in [0.1, 0.15) is 13.8 Å². The maximum Gasteiger partial charge on any atom is 0.182 e. The van der Waals surface area contributed by atoms with Crippen molar-refractivity contribution in [1.29, 1.82) is 0 Å². The summed E-state index contributed by atoms with van der Waals surface area (Å²) in [6.45, 7) is 5.29. The molecule has 2 N–H and O–H groups in total. The largest absolute Gasteiger partial charge is 0.367 e. The molecule has 0 radical (unpaired) electrons. The molecule has 0 aromatic carbocycles. The molecule has 0 saturated carbocycles. The summed E-state index contributed by atoms with van der Waals surface area (Å²) in [6, 6.07) is 0. The number of fused-ring (bicyclic) bond motifs is 1. The Morgan fingerprint density at radius 3 is 3.06 bits per heavy atom. The van der Waals surface area contributed by atoms with Gasteiger partial charge in [-0.25, -0.2) is 15.0 Å². The third-order valence-electron chi connectivity index (χ3n) is 2.07. The van der Waals surface area contributed by atoms with Crippen molar-refractivity contribution in [2.24, 2.45) is 0 Å². The van der Waals surface area contributed by atoms with E-state index in [1.165, 1.54) is 6.33 Å². The van der Waals surface area contributed by atoms with Crippen LogP contribution in [0.4, 0.5) is 5.82 Å². The summed E-state index contributed by atoms with van der Waals surface area (Å²) in [7, 11) is 0. The van der Waals surface area contributed by atoms with Gasteiger partial charge in [0.2, 0.25) is 0 Å². The van der Waals surface area contributed by atoms with E-state index in [0.29, 0.717) is 10.9 Å². The van der Waals surface area contributed by atoms with Gasteiger partial charge >= 0.3 is 0 Å². The number of aromatic amines is 1. The van der Waals surface area contributed by atoms with Crippen molar-refractivity contribution in [1.82, 2.24) is 19.9 Å². The van der Waals surface area contributed by atoms with E-state index in [4.69, 9.17) is 0 Å². The first-order valence-electron chi connectivity index (χ1n) is 5.27. The molecule has 2 rings (SSSR count). The van der Waals surface area contributed by atoms with Crippen molar-refractivity contribution in [2.45, 2.75) is 19.1 Å². The number of rotatable bonds is 5. The highest BCUT2D eigenvalue weighted by atomic mass is 32.2. The highest BCUT2D eigenvalue weighted by Crippen LogP contribution is 2.14. The molecular formula is C10H15N5S. The molecule has 0 aliphatic rings. The zero-order chi connectivity index (χ0) is 11.4. The van der Waals surface area contributed by atoms with E-state index in [1.54, 1.807) is 6.33 Å². The molecule has 2 heterocycles. The summed E-state index contributed by atoms with van der Waals surface area (Å²) in [5.74, 6) is 1.89. The van der Waals surface area contributed by atoms with Gasteiger partial charge in [-0.15, -0.1) is 0 Å². The second kappa shape index (κ2) is 5.16.